The molecule has 77 heavy (non-hydrogen) atoms. The zero-order chi connectivity index (χ0) is 55.9. The molecule has 1 rings (SSSR count). The third-order valence-electron chi connectivity index (χ3n) is 15.8. The fourth-order valence-electron chi connectivity index (χ4n) is 10.5. The van der Waals surface area contributed by atoms with Gasteiger partial charge >= 0.3 is 5.97 Å². The molecule has 0 aromatic rings. The van der Waals surface area contributed by atoms with Crippen molar-refractivity contribution in [1.29, 1.82) is 0 Å². The quantitative estimate of drug-likeness (QED) is 0.0195. The second-order valence-corrected chi connectivity index (χ2v) is 23.2. The number of esters is 1. The summed E-state index contributed by atoms with van der Waals surface area (Å²) in [5, 5.41) is 54.2. The summed E-state index contributed by atoms with van der Waals surface area (Å²) >= 11 is 0. The Bertz CT molecular complexity index is 1330. The highest BCUT2D eigenvalue weighted by molar-refractivity contribution is 5.76. The summed E-state index contributed by atoms with van der Waals surface area (Å²) in [4.78, 5) is 25.0. The van der Waals surface area contributed by atoms with Gasteiger partial charge in [-0.25, -0.2) is 0 Å². The Morgan fingerprint density at radius 2 is 0.831 bits per heavy atom. The molecular weight excluding hydrogens is 967 g/mol. The van der Waals surface area contributed by atoms with Crippen LogP contribution in [0, 0.1) is 0 Å². The number of ether oxygens (including phenoxy) is 3. The highest BCUT2D eigenvalue weighted by Gasteiger charge is 2.44. The van der Waals surface area contributed by atoms with Crippen LogP contribution in [0.5, 0.6) is 0 Å². The number of hydrogen-bond acceptors (Lipinski definition) is 10. The Hall–Kier alpha value is -1.86. The summed E-state index contributed by atoms with van der Waals surface area (Å²) < 4.78 is 16.7. The van der Waals surface area contributed by atoms with Gasteiger partial charge in [-0.3, -0.25) is 9.59 Å². The van der Waals surface area contributed by atoms with Gasteiger partial charge in [0.15, 0.2) is 6.29 Å². The van der Waals surface area contributed by atoms with E-state index >= 15 is 0 Å². The van der Waals surface area contributed by atoms with Crippen LogP contribution in [0.1, 0.15) is 322 Å². The monoisotopic (exact) mass is 1090 g/mol. The van der Waals surface area contributed by atoms with Gasteiger partial charge < -0.3 is 45.1 Å². The number of carbonyl (C=O) groups is 2. The fraction of sp³-hybridized carbons (Fsp3) is 0.909. The maximum Gasteiger partial charge on any atom is 0.305 e. The zero-order valence-electron chi connectivity index (χ0n) is 50.2. The molecule has 11 heteroatoms. The second kappa shape index (κ2) is 56.0. The topological polar surface area (TPSA) is 175 Å². The number of rotatable bonds is 58. The molecule has 1 fully saturated rings. The van der Waals surface area contributed by atoms with Crippen molar-refractivity contribution in [1.82, 2.24) is 5.32 Å². The number of allylic oxidation sites excluding steroid dienone is 3. The summed E-state index contributed by atoms with van der Waals surface area (Å²) in [6.45, 7) is 4.34. The lowest BCUT2D eigenvalue weighted by Gasteiger charge is -2.40. The van der Waals surface area contributed by atoms with Crippen molar-refractivity contribution in [3.8, 4) is 0 Å². The van der Waals surface area contributed by atoms with Crippen LogP contribution in [-0.4, -0.2) is 100 Å². The third kappa shape index (κ3) is 45.4. The van der Waals surface area contributed by atoms with Gasteiger partial charge in [-0.1, -0.05) is 276 Å². The number of nitrogens with one attached hydrogen (secondary N) is 1. The molecular formula is C66H125NO10. The Labute approximate surface area is 473 Å². The van der Waals surface area contributed by atoms with Gasteiger partial charge in [0.1, 0.15) is 24.4 Å². The predicted octanol–water partition coefficient (Wildman–Crippen LogP) is 16.1. The largest absolute Gasteiger partial charge is 0.466 e. The van der Waals surface area contributed by atoms with Gasteiger partial charge in [-0.05, 0) is 57.8 Å². The maximum absolute atomic E-state index is 13.0. The van der Waals surface area contributed by atoms with Crippen LogP contribution in [0.4, 0.5) is 0 Å². The average Bonchev–Trinajstić information content (AvgIpc) is 3.43. The van der Waals surface area contributed by atoms with Crippen LogP contribution < -0.4 is 5.32 Å². The molecule has 7 atom stereocenters. The Kier molecular flexibility index (Phi) is 53.2. The highest BCUT2D eigenvalue weighted by Crippen LogP contribution is 2.23. The molecule has 1 saturated heterocycles. The Morgan fingerprint density at radius 3 is 1.25 bits per heavy atom. The van der Waals surface area contributed by atoms with Gasteiger partial charge in [0, 0.05) is 12.8 Å². The summed E-state index contributed by atoms with van der Waals surface area (Å²) in [6, 6.07) is -0.807. The number of hydrogen-bond donors (Lipinski definition) is 6. The molecule has 0 spiro atoms. The Balaban J connectivity index is 1.95. The molecule has 1 aliphatic rings. The van der Waals surface area contributed by atoms with Crippen LogP contribution >= 0.6 is 0 Å². The van der Waals surface area contributed by atoms with E-state index in [-0.39, 0.29) is 18.5 Å². The number of unbranched alkanes of at least 4 members (excludes halogenated alkanes) is 42. The van der Waals surface area contributed by atoms with Gasteiger partial charge in [-0.2, -0.15) is 0 Å². The van der Waals surface area contributed by atoms with Crippen molar-refractivity contribution in [2.24, 2.45) is 0 Å². The molecule has 454 valence electrons. The van der Waals surface area contributed by atoms with Crippen LogP contribution in [-0.2, 0) is 23.8 Å². The van der Waals surface area contributed by atoms with Gasteiger partial charge in [0.25, 0.3) is 0 Å². The molecule has 6 N–H and O–H groups in total. The maximum atomic E-state index is 13.0. The standard InChI is InChI=1S/C66H125NO10/c1-3-5-7-9-11-13-33-38-42-46-50-54-62(71)75-55-51-47-43-39-35-32-30-28-26-24-22-20-18-16-14-15-17-19-21-23-25-27-29-31-34-37-41-45-49-53-61(70)67-58(59(69)52-48-44-40-36-12-10-8-6-4-2)57-76-66-65(74)64(73)63(72)60(56-68)77-66/h14,16,48,52,58-60,63-66,68-69,72-74H,3-13,15,17-47,49-51,53-57H2,1-2H3,(H,67,70)/b16-14-,52-48+. The number of carbonyl (C=O) groups excluding carboxylic acids is 2. The van der Waals surface area contributed by atoms with Crippen LogP contribution in [0.25, 0.3) is 0 Å². The molecule has 0 aromatic heterocycles. The smallest absolute Gasteiger partial charge is 0.305 e. The van der Waals surface area contributed by atoms with E-state index in [0.29, 0.717) is 19.4 Å². The first kappa shape index (κ1) is 73.2. The van der Waals surface area contributed by atoms with E-state index in [9.17, 15) is 35.1 Å². The van der Waals surface area contributed by atoms with E-state index in [1.165, 1.54) is 238 Å². The van der Waals surface area contributed by atoms with Crippen molar-refractivity contribution in [3.63, 3.8) is 0 Å². The van der Waals surface area contributed by atoms with Crippen molar-refractivity contribution < 1.29 is 49.3 Å². The van der Waals surface area contributed by atoms with E-state index in [4.69, 9.17) is 14.2 Å². The minimum Gasteiger partial charge on any atom is -0.466 e. The lowest BCUT2D eigenvalue weighted by Crippen LogP contribution is -2.60. The van der Waals surface area contributed by atoms with Crippen molar-refractivity contribution in [3.05, 3.63) is 24.3 Å². The lowest BCUT2D eigenvalue weighted by atomic mass is 9.99. The molecule has 0 aliphatic carbocycles. The van der Waals surface area contributed by atoms with Crippen LogP contribution in [0.3, 0.4) is 0 Å². The van der Waals surface area contributed by atoms with E-state index in [0.717, 1.165) is 57.8 Å². The van der Waals surface area contributed by atoms with Gasteiger partial charge in [0.05, 0.1) is 32.0 Å². The normalized spacial score (nSPS) is 18.7. The van der Waals surface area contributed by atoms with E-state index < -0.39 is 49.5 Å². The highest BCUT2D eigenvalue weighted by atomic mass is 16.7. The Morgan fingerprint density at radius 1 is 0.468 bits per heavy atom. The predicted molar refractivity (Wildman–Crippen MR) is 320 cm³/mol. The van der Waals surface area contributed by atoms with E-state index in [1.807, 2.05) is 6.08 Å². The summed E-state index contributed by atoms with van der Waals surface area (Å²) in [5.74, 6) is -0.174. The first-order chi connectivity index (χ1) is 37.7. The van der Waals surface area contributed by atoms with Gasteiger partial charge in [-0.15, -0.1) is 0 Å². The minimum atomic E-state index is -1.57. The molecule has 7 unspecified atom stereocenters. The molecule has 0 saturated carbocycles. The van der Waals surface area contributed by atoms with Gasteiger partial charge in [0.2, 0.25) is 5.91 Å². The van der Waals surface area contributed by atoms with Crippen molar-refractivity contribution in [2.45, 2.75) is 365 Å². The first-order valence-electron chi connectivity index (χ1n) is 33.1. The summed E-state index contributed by atoms with van der Waals surface area (Å²) in [7, 11) is 0. The summed E-state index contributed by atoms with van der Waals surface area (Å²) in [6.07, 6.45) is 58.9. The second-order valence-electron chi connectivity index (χ2n) is 23.2. The lowest BCUT2D eigenvalue weighted by molar-refractivity contribution is -0.302. The van der Waals surface area contributed by atoms with Crippen molar-refractivity contribution in [2.75, 3.05) is 19.8 Å². The molecule has 0 aromatic carbocycles. The minimum absolute atomic E-state index is 0.00770. The molecule has 0 radical (unpaired) electrons. The summed E-state index contributed by atoms with van der Waals surface area (Å²) in [5.41, 5.74) is 0. The van der Waals surface area contributed by atoms with Crippen LogP contribution in [0.2, 0.25) is 0 Å². The van der Waals surface area contributed by atoms with E-state index in [2.05, 4.69) is 31.3 Å². The molecule has 0 bridgehead atoms. The molecule has 11 nitrogen and oxygen atoms in total. The molecule has 1 heterocycles. The number of amides is 1. The number of aliphatic hydroxyl groups is 5. The van der Waals surface area contributed by atoms with E-state index in [1.54, 1.807) is 6.08 Å². The fourth-order valence-corrected chi connectivity index (χ4v) is 10.5. The number of aliphatic hydroxyl groups excluding tert-OH is 5. The third-order valence-corrected chi connectivity index (χ3v) is 15.8. The van der Waals surface area contributed by atoms with Crippen molar-refractivity contribution >= 4 is 11.9 Å². The first-order valence-corrected chi connectivity index (χ1v) is 33.1. The average molecular weight is 1090 g/mol. The zero-order valence-corrected chi connectivity index (χ0v) is 50.2. The molecule has 1 amide bonds. The SMILES string of the molecule is CCCCCCCCC/C=C/C(O)C(COC1OC(CO)C(O)C(O)C1O)NC(=O)CCCCCCCCCCCCCCC/C=C\CCCCCCCCCCCCCCOC(=O)CCCCCCCCCCCCC. The molecule has 1 aliphatic heterocycles. The van der Waals surface area contributed by atoms with Crippen LogP contribution in [0.15, 0.2) is 24.3 Å².